The minimum atomic E-state index is -0.162. The number of guanidine groups is 1. The van der Waals surface area contributed by atoms with E-state index in [1.807, 2.05) is 40.0 Å². The van der Waals surface area contributed by atoms with Crippen molar-refractivity contribution in [3.8, 4) is 5.75 Å². The monoisotopic (exact) mass is 477 g/mol. The van der Waals surface area contributed by atoms with E-state index in [0.717, 1.165) is 24.8 Å². The van der Waals surface area contributed by atoms with Crippen LogP contribution >= 0.6 is 24.0 Å². The Kier molecular flexibility index (Phi) is 13.8. The van der Waals surface area contributed by atoms with Gasteiger partial charge in [0.1, 0.15) is 5.75 Å². The normalized spacial score (nSPS) is 10.7. The summed E-state index contributed by atoms with van der Waals surface area (Å²) in [6, 6.07) is 8.09. The van der Waals surface area contributed by atoms with Crippen molar-refractivity contribution in [2.75, 3.05) is 33.4 Å². The van der Waals surface area contributed by atoms with Crippen molar-refractivity contribution in [3.63, 3.8) is 0 Å². The average Bonchev–Trinajstić information content (AvgIpc) is 2.60. The summed E-state index contributed by atoms with van der Waals surface area (Å²) in [5, 5.41) is 3.28. The number of rotatable bonds is 10. The molecule has 0 bridgehead atoms. The molecule has 148 valence electrons. The van der Waals surface area contributed by atoms with Crippen molar-refractivity contribution in [2.45, 2.75) is 40.2 Å². The largest absolute Gasteiger partial charge is 0.494 e. The maximum Gasteiger partial charge on any atom is 0.305 e. The molecular weight excluding hydrogens is 445 g/mol. The Morgan fingerprint density at radius 3 is 2.42 bits per heavy atom. The molecule has 26 heavy (non-hydrogen) atoms. The van der Waals surface area contributed by atoms with Crippen LogP contribution in [-0.4, -0.2) is 50.2 Å². The van der Waals surface area contributed by atoms with Crippen LogP contribution in [-0.2, 0) is 16.1 Å². The van der Waals surface area contributed by atoms with Gasteiger partial charge in [-0.15, -0.1) is 24.0 Å². The molecule has 0 amide bonds. The molecule has 1 aromatic carbocycles. The van der Waals surface area contributed by atoms with E-state index in [-0.39, 0.29) is 29.9 Å². The quantitative estimate of drug-likeness (QED) is 0.184. The van der Waals surface area contributed by atoms with Crippen molar-refractivity contribution in [1.82, 2.24) is 10.2 Å². The van der Waals surface area contributed by atoms with Crippen LogP contribution in [0.5, 0.6) is 5.75 Å². The molecule has 1 rings (SSSR count). The first-order valence-corrected chi connectivity index (χ1v) is 8.97. The fraction of sp³-hybridized carbons (Fsp3) is 0.579. The molecule has 1 N–H and O–H groups in total. The van der Waals surface area contributed by atoms with Crippen molar-refractivity contribution in [3.05, 3.63) is 29.8 Å². The van der Waals surface area contributed by atoms with Crippen molar-refractivity contribution in [1.29, 1.82) is 0 Å². The molecule has 6 nitrogen and oxygen atoms in total. The van der Waals surface area contributed by atoms with Gasteiger partial charge in [0.25, 0.3) is 0 Å². The van der Waals surface area contributed by atoms with E-state index < -0.39 is 0 Å². The molecule has 0 aliphatic carbocycles. The van der Waals surface area contributed by atoms with Crippen LogP contribution in [0.15, 0.2) is 29.3 Å². The maximum atomic E-state index is 11.4. The first-order chi connectivity index (χ1) is 12.1. The lowest BCUT2D eigenvalue weighted by Gasteiger charge is -2.22. The molecule has 0 saturated carbocycles. The number of nitrogens with one attached hydrogen (secondary N) is 1. The molecule has 0 fully saturated rings. The lowest BCUT2D eigenvalue weighted by molar-refractivity contribution is -0.143. The highest BCUT2D eigenvalue weighted by Gasteiger charge is 2.07. The first-order valence-electron chi connectivity index (χ1n) is 8.97. The summed E-state index contributed by atoms with van der Waals surface area (Å²) in [5.41, 5.74) is 1.18. The number of carbonyl (C=O) groups excluding carboxylic acids is 1. The lowest BCUT2D eigenvalue weighted by atomic mass is 10.2. The molecule has 0 aromatic heterocycles. The van der Waals surface area contributed by atoms with Crippen LogP contribution < -0.4 is 10.1 Å². The van der Waals surface area contributed by atoms with Crippen LogP contribution in [0.3, 0.4) is 0 Å². The molecule has 0 radical (unpaired) electrons. The Hall–Kier alpha value is -1.51. The van der Waals surface area contributed by atoms with Crippen LogP contribution in [0.2, 0.25) is 0 Å². The smallest absolute Gasteiger partial charge is 0.305 e. The third-order valence-electron chi connectivity index (χ3n) is 3.46. The molecule has 0 atom stereocenters. The summed E-state index contributed by atoms with van der Waals surface area (Å²) in [4.78, 5) is 18.0. The summed E-state index contributed by atoms with van der Waals surface area (Å²) >= 11 is 0. The Balaban J connectivity index is 0.00000625. The van der Waals surface area contributed by atoms with E-state index in [1.165, 1.54) is 5.56 Å². The highest BCUT2D eigenvalue weighted by atomic mass is 127. The summed E-state index contributed by atoms with van der Waals surface area (Å²) in [6.07, 6.45) is 1.09. The van der Waals surface area contributed by atoms with Crippen molar-refractivity contribution in [2.24, 2.45) is 4.99 Å². The summed E-state index contributed by atoms with van der Waals surface area (Å²) < 4.78 is 10.4. The molecule has 0 spiro atoms. The van der Waals surface area contributed by atoms with Crippen LogP contribution in [0.4, 0.5) is 0 Å². The van der Waals surface area contributed by atoms with Gasteiger partial charge in [0.05, 0.1) is 13.2 Å². The molecule has 1 aromatic rings. The lowest BCUT2D eigenvalue weighted by Crippen LogP contribution is -2.38. The summed E-state index contributed by atoms with van der Waals surface area (Å²) in [5.74, 6) is 1.55. The predicted octanol–water partition coefficient (Wildman–Crippen LogP) is 3.44. The standard InChI is InChI=1S/C19H31N3O3.HI/c1-5-20-19(21-14-8-9-18(23)25-7-3)22(4)15-16-10-12-17(13-11-16)24-6-2;/h10-13H,5-9,14-15H2,1-4H3,(H,20,21);1H. The highest BCUT2D eigenvalue weighted by Crippen LogP contribution is 2.13. The van der Waals surface area contributed by atoms with Crippen LogP contribution in [0, 0.1) is 0 Å². The van der Waals surface area contributed by atoms with Gasteiger partial charge in [0.15, 0.2) is 5.96 Å². The minimum Gasteiger partial charge on any atom is -0.494 e. The highest BCUT2D eigenvalue weighted by molar-refractivity contribution is 14.0. The molecule has 0 aliphatic heterocycles. The average molecular weight is 477 g/mol. The molecule has 7 heteroatoms. The number of esters is 1. The third kappa shape index (κ3) is 9.84. The zero-order valence-corrected chi connectivity index (χ0v) is 18.6. The Bertz CT molecular complexity index is 535. The van der Waals surface area contributed by atoms with Crippen LogP contribution in [0.25, 0.3) is 0 Å². The number of hydrogen-bond donors (Lipinski definition) is 1. The van der Waals surface area contributed by atoms with E-state index in [4.69, 9.17) is 9.47 Å². The van der Waals surface area contributed by atoms with Gasteiger partial charge in [-0.3, -0.25) is 9.79 Å². The van der Waals surface area contributed by atoms with Gasteiger partial charge in [-0.1, -0.05) is 12.1 Å². The Morgan fingerprint density at radius 1 is 1.15 bits per heavy atom. The fourth-order valence-corrected chi connectivity index (χ4v) is 2.32. The third-order valence-corrected chi connectivity index (χ3v) is 3.46. The second-order valence-corrected chi connectivity index (χ2v) is 5.58. The minimum absolute atomic E-state index is 0. The van der Waals surface area contributed by atoms with Gasteiger partial charge < -0.3 is 19.7 Å². The number of halogens is 1. The zero-order chi connectivity index (χ0) is 18.5. The SMILES string of the molecule is CCNC(=NCCCC(=O)OCC)N(C)Cc1ccc(OCC)cc1.I. The molecule has 0 aliphatic rings. The zero-order valence-electron chi connectivity index (χ0n) is 16.3. The molecular formula is C19H32IN3O3. The fourth-order valence-electron chi connectivity index (χ4n) is 2.32. The second kappa shape index (κ2) is 14.6. The Morgan fingerprint density at radius 2 is 1.85 bits per heavy atom. The van der Waals surface area contributed by atoms with Gasteiger partial charge in [0.2, 0.25) is 0 Å². The van der Waals surface area contributed by atoms with E-state index in [9.17, 15) is 4.79 Å². The van der Waals surface area contributed by atoms with E-state index in [2.05, 4.69) is 27.3 Å². The van der Waals surface area contributed by atoms with Gasteiger partial charge in [-0.05, 0) is 44.9 Å². The molecule has 0 saturated heterocycles. The number of aliphatic imine (C=N–C) groups is 1. The molecule has 0 heterocycles. The van der Waals surface area contributed by atoms with Gasteiger partial charge >= 0.3 is 5.97 Å². The van der Waals surface area contributed by atoms with E-state index >= 15 is 0 Å². The Labute approximate surface area is 174 Å². The summed E-state index contributed by atoms with van der Waals surface area (Å²) in [6.45, 7) is 9.06. The second-order valence-electron chi connectivity index (χ2n) is 5.58. The van der Waals surface area contributed by atoms with E-state index in [0.29, 0.717) is 32.6 Å². The number of carbonyl (C=O) groups is 1. The number of hydrogen-bond acceptors (Lipinski definition) is 4. The first kappa shape index (κ1) is 24.5. The van der Waals surface area contributed by atoms with Crippen LogP contribution in [0.1, 0.15) is 39.2 Å². The number of ether oxygens (including phenoxy) is 2. The topological polar surface area (TPSA) is 63.2 Å². The summed E-state index contributed by atoms with van der Waals surface area (Å²) in [7, 11) is 2.00. The van der Waals surface area contributed by atoms with Gasteiger partial charge in [-0.2, -0.15) is 0 Å². The maximum absolute atomic E-state index is 11.4. The van der Waals surface area contributed by atoms with Crippen molar-refractivity contribution < 1.29 is 14.3 Å². The predicted molar refractivity (Wildman–Crippen MR) is 116 cm³/mol. The molecule has 0 unspecified atom stereocenters. The van der Waals surface area contributed by atoms with Gasteiger partial charge in [0, 0.05) is 33.1 Å². The van der Waals surface area contributed by atoms with E-state index in [1.54, 1.807) is 0 Å². The van der Waals surface area contributed by atoms with Gasteiger partial charge in [-0.25, -0.2) is 0 Å². The number of nitrogens with zero attached hydrogens (tertiary/aromatic N) is 2. The van der Waals surface area contributed by atoms with Crippen molar-refractivity contribution >= 4 is 35.9 Å². The number of benzene rings is 1.